The quantitative estimate of drug-likeness (QED) is 0.113. The van der Waals surface area contributed by atoms with E-state index < -0.39 is 22.0 Å². The van der Waals surface area contributed by atoms with E-state index in [-0.39, 0.29) is 36.8 Å². The third-order valence-electron chi connectivity index (χ3n) is 7.85. The number of carbonyl (C=O) groups is 2. The average molecular weight is 701 g/mol. The number of benzene rings is 4. The Balaban J connectivity index is 1.39. The molecule has 3 N–H and O–H groups in total. The Kier molecular flexibility index (Phi) is 11.3. The van der Waals surface area contributed by atoms with Crippen molar-refractivity contribution in [3.8, 4) is 11.1 Å². The van der Waals surface area contributed by atoms with Crippen LogP contribution in [0.2, 0.25) is 0 Å². The summed E-state index contributed by atoms with van der Waals surface area (Å²) in [6.07, 6.45) is -1.27. The summed E-state index contributed by atoms with van der Waals surface area (Å²) in [7, 11) is 0. The second kappa shape index (κ2) is 15.2. The standard InChI is InChI=1S/C35H32Cl3NO6S/c1-21-29(20-46-30-9-5-4-8-28(30)32(41)42)44-33(45-31(21)24-12-10-22(19-40)11-13-24)25-16-14-23(15-17-25)27-7-3-2-6-26(27)18-39-34(43)35(36,37)38/h2-17,21,29,31,33,40H,18-20H2,1H3,(H,39,43)(H,41,42)/t21-,29+,31+,33+/m0/s1. The average Bonchev–Trinajstić information content (AvgIpc) is 3.06. The summed E-state index contributed by atoms with van der Waals surface area (Å²) in [5.41, 5.74) is 5.51. The molecule has 0 unspecified atom stereocenters. The zero-order chi connectivity index (χ0) is 32.8. The van der Waals surface area contributed by atoms with Crippen LogP contribution < -0.4 is 5.32 Å². The van der Waals surface area contributed by atoms with Crippen LogP contribution >= 0.6 is 46.6 Å². The highest BCUT2D eigenvalue weighted by Crippen LogP contribution is 2.43. The molecule has 4 atom stereocenters. The zero-order valence-corrected chi connectivity index (χ0v) is 27.8. The summed E-state index contributed by atoms with van der Waals surface area (Å²) in [6, 6.07) is 30.1. The lowest BCUT2D eigenvalue weighted by atomic mass is 9.91. The first-order chi connectivity index (χ1) is 22.0. The predicted octanol–water partition coefficient (Wildman–Crippen LogP) is 8.11. The Bertz CT molecular complexity index is 1660. The fourth-order valence-electron chi connectivity index (χ4n) is 5.30. The van der Waals surface area contributed by atoms with Gasteiger partial charge in [0.05, 0.1) is 24.4 Å². The van der Waals surface area contributed by atoms with E-state index in [1.807, 2.05) is 78.9 Å². The van der Waals surface area contributed by atoms with Crippen LogP contribution in [0, 0.1) is 5.92 Å². The summed E-state index contributed by atoms with van der Waals surface area (Å²) in [5.74, 6) is -1.22. The van der Waals surface area contributed by atoms with E-state index in [4.69, 9.17) is 44.3 Å². The van der Waals surface area contributed by atoms with Crippen molar-refractivity contribution in [3.05, 3.63) is 125 Å². The van der Waals surface area contributed by atoms with E-state index in [0.717, 1.165) is 33.4 Å². The van der Waals surface area contributed by atoms with Gasteiger partial charge < -0.3 is 25.0 Å². The van der Waals surface area contributed by atoms with Crippen LogP contribution in [0.15, 0.2) is 102 Å². The molecule has 11 heteroatoms. The zero-order valence-electron chi connectivity index (χ0n) is 24.7. The van der Waals surface area contributed by atoms with E-state index in [1.165, 1.54) is 11.8 Å². The van der Waals surface area contributed by atoms with Crippen LogP contribution in [0.25, 0.3) is 11.1 Å². The number of thioether (sulfide) groups is 1. The fraction of sp³-hybridized carbons (Fsp3) is 0.257. The molecular weight excluding hydrogens is 669 g/mol. The van der Waals surface area contributed by atoms with Crippen LogP contribution in [0.5, 0.6) is 0 Å². The number of hydrogen-bond acceptors (Lipinski definition) is 6. The number of aromatic carboxylic acids is 1. The Morgan fingerprint density at radius 1 is 0.870 bits per heavy atom. The molecule has 0 aromatic heterocycles. The van der Waals surface area contributed by atoms with E-state index in [2.05, 4.69) is 12.2 Å². The number of aliphatic hydroxyl groups is 1. The number of ether oxygens (including phenoxy) is 2. The maximum absolute atomic E-state index is 12.1. The molecule has 1 aliphatic heterocycles. The Hall–Kier alpha value is -3.08. The second-order valence-corrected chi connectivity index (χ2v) is 14.2. The number of nitrogens with one attached hydrogen (secondary N) is 1. The molecule has 5 rings (SSSR count). The Labute approximate surface area is 286 Å². The molecule has 0 saturated carbocycles. The van der Waals surface area contributed by atoms with Gasteiger partial charge >= 0.3 is 5.97 Å². The summed E-state index contributed by atoms with van der Waals surface area (Å²) < 4.78 is 11.1. The molecule has 0 radical (unpaired) electrons. The van der Waals surface area contributed by atoms with Crippen molar-refractivity contribution < 1.29 is 29.3 Å². The minimum atomic E-state index is -2.05. The molecule has 1 aliphatic rings. The first-order valence-corrected chi connectivity index (χ1v) is 16.7. The number of alkyl halides is 3. The van der Waals surface area contributed by atoms with Gasteiger partial charge in [-0.1, -0.05) is 127 Å². The molecule has 0 bridgehead atoms. The number of aliphatic hydroxyl groups excluding tert-OH is 1. The molecule has 4 aromatic rings. The van der Waals surface area contributed by atoms with Gasteiger partial charge in [0.1, 0.15) is 0 Å². The minimum Gasteiger partial charge on any atom is -0.478 e. The molecular formula is C35H32Cl3NO6S. The predicted molar refractivity (Wildman–Crippen MR) is 181 cm³/mol. The fourth-order valence-corrected chi connectivity index (χ4v) is 6.71. The maximum Gasteiger partial charge on any atom is 0.336 e. The summed E-state index contributed by atoms with van der Waals surface area (Å²) >= 11 is 18.6. The van der Waals surface area contributed by atoms with Gasteiger partial charge in [-0.05, 0) is 39.9 Å². The van der Waals surface area contributed by atoms with Crippen LogP contribution in [-0.4, -0.2) is 37.7 Å². The minimum absolute atomic E-state index is 0.0515. The number of amides is 1. The molecule has 1 amide bonds. The van der Waals surface area contributed by atoms with Crippen molar-refractivity contribution >= 4 is 58.4 Å². The van der Waals surface area contributed by atoms with E-state index in [9.17, 15) is 19.8 Å². The van der Waals surface area contributed by atoms with E-state index in [1.54, 1.807) is 18.2 Å². The molecule has 240 valence electrons. The van der Waals surface area contributed by atoms with Gasteiger partial charge in [-0.25, -0.2) is 4.79 Å². The van der Waals surface area contributed by atoms with Crippen molar-refractivity contribution in [2.75, 3.05) is 5.75 Å². The lowest BCUT2D eigenvalue weighted by molar-refractivity contribution is -0.268. The van der Waals surface area contributed by atoms with Crippen molar-refractivity contribution in [2.45, 2.75) is 47.3 Å². The topological polar surface area (TPSA) is 105 Å². The lowest BCUT2D eigenvalue weighted by Gasteiger charge is -2.41. The Morgan fingerprint density at radius 3 is 2.20 bits per heavy atom. The summed E-state index contributed by atoms with van der Waals surface area (Å²) in [6.45, 7) is 2.19. The smallest absolute Gasteiger partial charge is 0.336 e. The number of carboxylic acid groups (broad SMARTS) is 1. The first-order valence-electron chi connectivity index (χ1n) is 14.5. The number of carboxylic acids is 1. The van der Waals surface area contributed by atoms with Crippen molar-refractivity contribution in [2.24, 2.45) is 5.92 Å². The van der Waals surface area contributed by atoms with Crippen LogP contribution in [0.1, 0.15) is 51.9 Å². The first kappa shape index (κ1) is 34.3. The monoisotopic (exact) mass is 699 g/mol. The molecule has 1 heterocycles. The molecule has 0 spiro atoms. The number of hydrogen-bond donors (Lipinski definition) is 3. The highest BCUT2D eigenvalue weighted by Gasteiger charge is 2.38. The largest absolute Gasteiger partial charge is 0.478 e. The molecule has 1 fully saturated rings. The van der Waals surface area contributed by atoms with Crippen LogP contribution in [-0.2, 0) is 27.4 Å². The van der Waals surface area contributed by atoms with Crippen LogP contribution in [0.4, 0.5) is 0 Å². The molecule has 4 aromatic carbocycles. The van der Waals surface area contributed by atoms with Gasteiger partial charge in [-0.3, -0.25) is 4.79 Å². The van der Waals surface area contributed by atoms with Gasteiger partial charge in [0.15, 0.2) is 6.29 Å². The van der Waals surface area contributed by atoms with Crippen molar-refractivity contribution in [3.63, 3.8) is 0 Å². The number of rotatable bonds is 10. The third-order valence-corrected chi connectivity index (χ3v) is 9.53. The summed E-state index contributed by atoms with van der Waals surface area (Å²) in [5, 5.41) is 21.9. The van der Waals surface area contributed by atoms with Gasteiger partial charge in [0.25, 0.3) is 9.70 Å². The SMILES string of the molecule is C[C@H]1[C@@H](CSc2ccccc2C(=O)O)O[C@@H](c2ccc(-c3ccccc3CNC(=O)C(Cl)(Cl)Cl)cc2)O[C@H]1c1ccc(CO)cc1. The highest BCUT2D eigenvalue weighted by molar-refractivity contribution is 7.99. The van der Waals surface area contributed by atoms with E-state index >= 15 is 0 Å². The molecule has 1 saturated heterocycles. The maximum atomic E-state index is 12.1. The summed E-state index contributed by atoms with van der Waals surface area (Å²) in [4.78, 5) is 24.6. The van der Waals surface area contributed by atoms with Crippen LogP contribution in [0.3, 0.4) is 0 Å². The van der Waals surface area contributed by atoms with Crippen molar-refractivity contribution in [1.29, 1.82) is 0 Å². The number of halogens is 3. The van der Waals surface area contributed by atoms with Gasteiger partial charge in [0, 0.05) is 28.7 Å². The number of carbonyl (C=O) groups excluding carboxylic acids is 1. The van der Waals surface area contributed by atoms with Gasteiger partial charge in [-0.2, -0.15) is 0 Å². The van der Waals surface area contributed by atoms with Crippen molar-refractivity contribution in [1.82, 2.24) is 5.32 Å². The highest BCUT2D eigenvalue weighted by atomic mass is 35.6. The second-order valence-electron chi connectivity index (χ2n) is 10.9. The lowest BCUT2D eigenvalue weighted by Crippen LogP contribution is -2.38. The molecule has 7 nitrogen and oxygen atoms in total. The molecule has 0 aliphatic carbocycles. The van der Waals surface area contributed by atoms with Gasteiger partial charge in [0.2, 0.25) is 0 Å². The van der Waals surface area contributed by atoms with Gasteiger partial charge in [-0.15, -0.1) is 11.8 Å². The normalized spacial score (nSPS) is 19.8. The molecule has 46 heavy (non-hydrogen) atoms. The Morgan fingerprint density at radius 2 is 1.52 bits per heavy atom. The third kappa shape index (κ3) is 8.25. The van der Waals surface area contributed by atoms with E-state index in [0.29, 0.717) is 10.6 Å².